The van der Waals surface area contributed by atoms with E-state index < -0.39 is 29.2 Å². The third-order valence-corrected chi connectivity index (χ3v) is 13.5. The first-order chi connectivity index (χ1) is 22.2. The molecule has 18 heteroatoms. The molecule has 254 valence electrons. The Morgan fingerprint density at radius 1 is 0.723 bits per heavy atom. The fourth-order valence-electron chi connectivity index (χ4n) is 5.75. The predicted molar refractivity (Wildman–Crippen MR) is 179 cm³/mol. The van der Waals surface area contributed by atoms with Crippen molar-refractivity contribution in [1.82, 2.24) is 24.9 Å². The van der Waals surface area contributed by atoms with Crippen molar-refractivity contribution in [1.29, 1.82) is 0 Å². The van der Waals surface area contributed by atoms with Crippen LogP contribution in [-0.4, -0.2) is 107 Å². The molecule has 7 rings (SSSR count). The maximum atomic E-state index is 12.4. The van der Waals surface area contributed by atoms with Gasteiger partial charge in [-0.25, -0.2) is 41.8 Å². The Labute approximate surface area is 283 Å². The van der Waals surface area contributed by atoms with Gasteiger partial charge in [0.1, 0.15) is 20.5 Å². The fourth-order valence-corrected chi connectivity index (χ4v) is 8.84. The van der Waals surface area contributed by atoms with Crippen LogP contribution in [0, 0.1) is 0 Å². The van der Waals surface area contributed by atoms with Gasteiger partial charge in [-0.1, -0.05) is 23.2 Å². The molecular formula is C29H36Cl2N8O6S2. The average Bonchev–Trinajstić information content (AvgIpc) is 3.95. The van der Waals surface area contributed by atoms with E-state index in [-0.39, 0.29) is 5.15 Å². The molecule has 3 aromatic rings. The number of morpholine rings is 2. The first-order valence-electron chi connectivity index (χ1n) is 15.1. The number of pyridine rings is 1. The minimum atomic E-state index is -3.31. The third-order valence-electron chi connectivity index (χ3n) is 8.90. The van der Waals surface area contributed by atoms with E-state index in [1.54, 1.807) is 24.4 Å². The van der Waals surface area contributed by atoms with Crippen LogP contribution in [-0.2, 0) is 38.6 Å². The number of nitrogens with zero attached hydrogens (tertiary/aromatic N) is 7. The molecule has 5 heterocycles. The van der Waals surface area contributed by atoms with Crippen LogP contribution in [0.5, 0.6) is 0 Å². The Bertz CT molecular complexity index is 1880. The average molecular weight is 728 g/mol. The number of hydrogen-bond acceptors (Lipinski definition) is 14. The van der Waals surface area contributed by atoms with Gasteiger partial charge in [-0.3, -0.25) is 0 Å². The van der Waals surface area contributed by atoms with Crippen molar-refractivity contribution in [2.75, 3.05) is 80.7 Å². The lowest BCUT2D eigenvalue weighted by molar-refractivity contribution is 0.122. The molecule has 47 heavy (non-hydrogen) atoms. The molecule has 0 spiro atoms. The number of nitrogens with two attached hydrogens (primary N) is 1. The standard InChI is InChI=1S/C17H20ClN5O3S.C12H16ClN3O3S/c1-27(24,25)17(2-3-17)14-9-13(11-10-20-15(19)8-12(11)18)21-16(22-14)23-4-6-26-7-5-23;1-20(17,18)12(2-3-12)9-8-10(13)15-11(14-9)16-4-6-19-7-5-16/h8-10H,2-7H2,1H3,(H2,19,20);8H,2-7H2,1H3. The van der Waals surface area contributed by atoms with E-state index in [1.807, 2.05) is 9.80 Å². The molecule has 0 unspecified atom stereocenters. The number of halogens is 2. The summed E-state index contributed by atoms with van der Waals surface area (Å²) in [6.45, 7) is 5.03. The maximum absolute atomic E-state index is 12.4. The summed E-state index contributed by atoms with van der Waals surface area (Å²) in [5.41, 5.74) is 7.84. The zero-order valence-corrected chi connectivity index (χ0v) is 29.2. The van der Waals surface area contributed by atoms with Crippen molar-refractivity contribution in [3.8, 4) is 11.3 Å². The molecule has 4 aliphatic rings. The minimum absolute atomic E-state index is 0.284. The second kappa shape index (κ2) is 12.9. The molecule has 4 fully saturated rings. The fraction of sp³-hybridized carbons (Fsp3) is 0.552. The first kappa shape index (κ1) is 34.0. The number of sulfone groups is 2. The monoisotopic (exact) mass is 726 g/mol. The molecule has 2 N–H and O–H groups in total. The molecule has 14 nitrogen and oxygen atoms in total. The van der Waals surface area contributed by atoms with Crippen molar-refractivity contribution < 1.29 is 26.3 Å². The van der Waals surface area contributed by atoms with Crippen molar-refractivity contribution in [2.45, 2.75) is 35.2 Å². The van der Waals surface area contributed by atoms with Gasteiger partial charge < -0.3 is 25.0 Å². The highest BCUT2D eigenvalue weighted by Gasteiger charge is 2.56. The van der Waals surface area contributed by atoms with Gasteiger partial charge in [0.2, 0.25) is 11.9 Å². The van der Waals surface area contributed by atoms with Gasteiger partial charge in [0, 0.05) is 50.5 Å². The Morgan fingerprint density at radius 3 is 1.64 bits per heavy atom. The summed E-state index contributed by atoms with van der Waals surface area (Å²) in [4.78, 5) is 26.0. The van der Waals surface area contributed by atoms with Crippen LogP contribution in [0.25, 0.3) is 11.3 Å². The van der Waals surface area contributed by atoms with Gasteiger partial charge in [0.15, 0.2) is 19.7 Å². The number of nitrogen functional groups attached to an aromatic ring is 1. The van der Waals surface area contributed by atoms with Crippen LogP contribution in [0.1, 0.15) is 37.1 Å². The van der Waals surface area contributed by atoms with Crippen LogP contribution in [0.3, 0.4) is 0 Å². The highest BCUT2D eigenvalue weighted by molar-refractivity contribution is 7.92. The molecule has 0 amide bonds. The molecule has 2 saturated heterocycles. The van der Waals surface area contributed by atoms with Gasteiger partial charge in [-0.2, -0.15) is 0 Å². The van der Waals surface area contributed by atoms with E-state index in [0.29, 0.717) is 124 Å². The van der Waals surface area contributed by atoms with Gasteiger partial charge >= 0.3 is 0 Å². The minimum Gasteiger partial charge on any atom is -0.384 e. The molecule has 0 radical (unpaired) electrons. The molecular weight excluding hydrogens is 691 g/mol. The van der Waals surface area contributed by atoms with E-state index >= 15 is 0 Å². The highest BCUT2D eigenvalue weighted by atomic mass is 35.5. The number of hydrogen-bond donors (Lipinski definition) is 1. The lowest BCUT2D eigenvalue weighted by Gasteiger charge is -2.28. The number of aromatic nitrogens is 5. The van der Waals surface area contributed by atoms with Crippen LogP contribution in [0.2, 0.25) is 10.2 Å². The van der Waals surface area contributed by atoms with Gasteiger partial charge in [0.05, 0.1) is 48.5 Å². The van der Waals surface area contributed by atoms with Crippen molar-refractivity contribution in [3.05, 3.63) is 46.0 Å². The molecule has 3 aromatic heterocycles. The molecule has 0 bridgehead atoms. The number of anilines is 3. The Hall–Kier alpha value is -2.89. The topological polar surface area (TPSA) is 184 Å². The summed E-state index contributed by atoms with van der Waals surface area (Å²) < 4.78 is 57.7. The van der Waals surface area contributed by atoms with Crippen LogP contribution in [0.15, 0.2) is 24.4 Å². The summed E-state index contributed by atoms with van der Waals surface area (Å²) in [5.74, 6) is 1.28. The SMILES string of the molecule is CS(=O)(=O)C1(c2cc(-c3cnc(N)cc3Cl)nc(N3CCOCC3)n2)CC1.CS(=O)(=O)C1(c2cc(Cl)nc(N3CCOCC3)n2)CC1. The van der Waals surface area contributed by atoms with Crippen molar-refractivity contribution in [2.24, 2.45) is 0 Å². The third kappa shape index (κ3) is 6.99. The second-order valence-corrected chi connectivity index (χ2v) is 17.6. The summed E-state index contributed by atoms with van der Waals surface area (Å²) in [6.07, 6.45) is 6.37. The van der Waals surface area contributed by atoms with Crippen LogP contribution < -0.4 is 15.5 Å². The lowest BCUT2D eigenvalue weighted by Crippen LogP contribution is -2.38. The Kier molecular flexibility index (Phi) is 9.30. The van der Waals surface area contributed by atoms with Crippen LogP contribution >= 0.6 is 23.2 Å². The summed E-state index contributed by atoms with van der Waals surface area (Å²) in [5, 5.41) is 0.690. The van der Waals surface area contributed by atoms with Gasteiger partial charge in [-0.15, -0.1) is 0 Å². The van der Waals surface area contributed by atoms with Crippen molar-refractivity contribution >= 4 is 60.6 Å². The molecule has 0 atom stereocenters. The lowest BCUT2D eigenvalue weighted by atomic mass is 10.1. The Balaban J connectivity index is 0.000000172. The van der Waals surface area contributed by atoms with E-state index in [9.17, 15) is 16.8 Å². The number of rotatable bonds is 7. The quantitative estimate of drug-likeness (QED) is 0.351. The summed E-state index contributed by atoms with van der Waals surface area (Å²) in [7, 11) is -6.51. The second-order valence-electron chi connectivity index (χ2n) is 12.1. The Morgan fingerprint density at radius 2 is 1.19 bits per heavy atom. The molecule has 0 aromatic carbocycles. The maximum Gasteiger partial charge on any atom is 0.227 e. The zero-order valence-electron chi connectivity index (χ0n) is 26.0. The normalized spacial score (nSPS) is 20.3. The van der Waals surface area contributed by atoms with E-state index in [4.69, 9.17) is 38.4 Å². The highest BCUT2D eigenvalue weighted by Crippen LogP contribution is 2.53. The number of ether oxygens (including phenoxy) is 2. The van der Waals surface area contributed by atoms with E-state index in [2.05, 4.69) is 24.9 Å². The molecule has 2 aliphatic carbocycles. The van der Waals surface area contributed by atoms with Gasteiger partial charge in [0.25, 0.3) is 0 Å². The largest absolute Gasteiger partial charge is 0.384 e. The predicted octanol–water partition coefficient (Wildman–Crippen LogP) is 2.64. The molecule has 2 aliphatic heterocycles. The smallest absolute Gasteiger partial charge is 0.227 e. The zero-order chi connectivity index (χ0) is 33.6. The van der Waals surface area contributed by atoms with E-state index in [1.165, 1.54) is 12.5 Å². The van der Waals surface area contributed by atoms with Crippen LogP contribution in [0.4, 0.5) is 17.7 Å². The van der Waals surface area contributed by atoms with Crippen molar-refractivity contribution in [3.63, 3.8) is 0 Å². The molecule has 2 saturated carbocycles. The summed E-state index contributed by atoms with van der Waals surface area (Å²) in [6, 6.07) is 4.83. The summed E-state index contributed by atoms with van der Waals surface area (Å²) >= 11 is 12.4. The van der Waals surface area contributed by atoms with Gasteiger partial charge in [-0.05, 0) is 43.9 Å². The van der Waals surface area contributed by atoms with E-state index in [0.717, 1.165) is 0 Å². The first-order valence-corrected chi connectivity index (χ1v) is 19.7.